The highest BCUT2D eigenvalue weighted by molar-refractivity contribution is 5.85. The highest BCUT2D eigenvalue weighted by Crippen LogP contribution is 2.31. The molecule has 0 saturated heterocycles. The van der Waals surface area contributed by atoms with E-state index < -0.39 is 5.97 Å². The fourth-order valence-electron chi connectivity index (χ4n) is 1.19. The lowest BCUT2D eigenvalue weighted by atomic mass is 10.1. The van der Waals surface area contributed by atoms with Crippen LogP contribution in [0.15, 0.2) is 18.7 Å². The lowest BCUT2D eigenvalue weighted by Crippen LogP contribution is -2.07. The summed E-state index contributed by atoms with van der Waals surface area (Å²) in [4.78, 5) is 11.0. The zero-order chi connectivity index (χ0) is 11.6. The minimum Gasteiger partial charge on any atom is -0.423 e. The van der Waals surface area contributed by atoms with Crippen LogP contribution in [0.2, 0.25) is 0 Å². The van der Waals surface area contributed by atoms with Gasteiger partial charge in [-0.2, -0.15) is 0 Å². The van der Waals surface area contributed by atoms with Crippen LogP contribution < -0.4 is 16.2 Å². The van der Waals surface area contributed by atoms with Crippen LogP contribution in [-0.4, -0.2) is 5.97 Å². The van der Waals surface area contributed by atoms with Crippen LogP contribution in [0.25, 0.3) is 0 Å². The maximum absolute atomic E-state index is 11.0. The third-order valence-electron chi connectivity index (χ3n) is 2.21. The predicted molar refractivity (Wildman–Crippen MR) is 60.6 cm³/mol. The van der Waals surface area contributed by atoms with Crippen LogP contribution >= 0.6 is 0 Å². The number of hydrogen-bond acceptors (Lipinski definition) is 4. The van der Waals surface area contributed by atoms with Gasteiger partial charge in [0.15, 0.2) is 0 Å². The van der Waals surface area contributed by atoms with Crippen LogP contribution in [-0.2, 0) is 4.79 Å². The molecule has 4 N–H and O–H groups in total. The molecule has 0 aromatic heterocycles. The number of anilines is 2. The van der Waals surface area contributed by atoms with Gasteiger partial charge >= 0.3 is 5.97 Å². The molecule has 4 nitrogen and oxygen atoms in total. The van der Waals surface area contributed by atoms with Gasteiger partial charge in [-0.05, 0) is 25.5 Å². The second-order valence-corrected chi connectivity index (χ2v) is 3.27. The van der Waals surface area contributed by atoms with Gasteiger partial charge in [0.1, 0.15) is 5.75 Å². The average molecular weight is 206 g/mol. The molecule has 0 bridgehead atoms. The standard InChI is InChI=1S/C11H14N2O2/c1-4-9(14)15-8-5-6(2)10(12)11(13)7(8)3/h4-5H,1,12-13H2,2-3H3. The van der Waals surface area contributed by atoms with Crippen molar-refractivity contribution in [2.45, 2.75) is 13.8 Å². The van der Waals surface area contributed by atoms with Gasteiger partial charge in [0.05, 0.1) is 11.4 Å². The number of carbonyl (C=O) groups excluding carboxylic acids is 1. The second kappa shape index (κ2) is 4.04. The van der Waals surface area contributed by atoms with Crippen molar-refractivity contribution in [2.24, 2.45) is 0 Å². The minimum absolute atomic E-state index is 0.420. The minimum atomic E-state index is -0.512. The van der Waals surface area contributed by atoms with E-state index in [2.05, 4.69) is 6.58 Å². The third kappa shape index (κ3) is 2.10. The molecular weight excluding hydrogens is 192 g/mol. The molecule has 80 valence electrons. The normalized spacial score (nSPS) is 9.73. The molecule has 0 aliphatic rings. The molecule has 0 spiro atoms. The number of nitrogens with two attached hydrogens (primary N) is 2. The summed E-state index contributed by atoms with van der Waals surface area (Å²) in [6.45, 7) is 6.87. The van der Waals surface area contributed by atoms with Crippen LogP contribution in [0.4, 0.5) is 11.4 Å². The number of benzene rings is 1. The van der Waals surface area contributed by atoms with E-state index >= 15 is 0 Å². The smallest absolute Gasteiger partial charge is 0.335 e. The monoisotopic (exact) mass is 206 g/mol. The second-order valence-electron chi connectivity index (χ2n) is 3.27. The molecule has 0 radical (unpaired) electrons. The molecule has 1 aromatic rings. The van der Waals surface area contributed by atoms with Crippen LogP contribution in [0, 0.1) is 13.8 Å². The van der Waals surface area contributed by atoms with Crippen LogP contribution in [0.5, 0.6) is 5.75 Å². The molecule has 0 heterocycles. The van der Waals surface area contributed by atoms with Crippen molar-refractivity contribution in [1.82, 2.24) is 0 Å². The summed E-state index contributed by atoms with van der Waals surface area (Å²) in [6, 6.07) is 1.68. The molecule has 0 fully saturated rings. The number of rotatable bonds is 2. The zero-order valence-corrected chi connectivity index (χ0v) is 8.83. The van der Waals surface area contributed by atoms with Crippen LogP contribution in [0.1, 0.15) is 11.1 Å². The Morgan fingerprint density at radius 1 is 1.40 bits per heavy atom. The van der Waals surface area contributed by atoms with Gasteiger partial charge in [0, 0.05) is 11.6 Å². The summed E-state index contributed by atoms with van der Waals surface area (Å²) in [5, 5.41) is 0. The lowest BCUT2D eigenvalue weighted by molar-refractivity contribution is -0.129. The van der Waals surface area contributed by atoms with Crippen molar-refractivity contribution in [3.63, 3.8) is 0 Å². The number of hydrogen-bond donors (Lipinski definition) is 2. The zero-order valence-electron chi connectivity index (χ0n) is 8.83. The summed E-state index contributed by atoms with van der Waals surface area (Å²) in [5.41, 5.74) is 13.9. The van der Waals surface area contributed by atoms with Crippen molar-refractivity contribution in [2.75, 3.05) is 11.5 Å². The van der Waals surface area contributed by atoms with E-state index in [0.29, 0.717) is 22.7 Å². The Balaban J connectivity index is 3.20. The number of nitrogen functional groups attached to an aromatic ring is 2. The Kier molecular flexibility index (Phi) is 2.99. The molecule has 0 aliphatic carbocycles. The maximum Gasteiger partial charge on any atom is 0.335 e. The molecular formula is C11H14N2O2. The Labute approximate surface area is 88.5 Å². The first-order valence-corrected chi connectivity index (χ1v) is 4.46. The Hall–Kier alpha value is -1.97. The van der Waals surface area contributed by atoms with Gasteiger partial charge in [0.25, 0.3) is 0 Å². The van der Waals surface area contributed by atoms with Crippen LogP contribution in [0.3, 0.4) is 0 Å². The van der Waals surface area contributed by atoms with E-state index in [1.807, 2.05) is 0 Å². The van der Waals surface area contributed by atoms with Crippen molar-refractivity contribution < 1.29 is 9.53 Å². The highest BCUT2D eigenvalue weighted by Gasteiger charge is 2.11. The summed E-state index contributed by atoms with van der Waals surface area (Å²) in [6.07, 6.45) is 1.10. The van der Waals surface area contributed by atoms with Gasteiger partial charge in [-0.25, -0.2) is 4.79 Å². The van der Waals surface area contributed by atoms with Gasteiger partial charge < -0.3 is 16.2 Å². The van der Waals surface area contributed by atoms with Crippen molar-refractivity contribution in [3.05, 3.63) is 29.8 Å². The number of esters is 1. The summed E-state index contributed by atoms with van der Waals surface area (Å²) in [5.74, 6) is -0.0919. The summed E-state index contributed by atoms with van der Waals surface area (Å²) in [7, 11) is 0. The molecule has 0 aliphatic heterocycles. The summed E-state index contributed by atoms with van der Waals surface area (Å²) >= 11 is 0. The summed E-state index contributed by atoms with van der Waals surface area (Å²) < 4.78 is 5.02. The van der Waals surface area contributed by atoms with Gasteiger partial charge in [-0.3, -0.25) is 0 Å². The molecule has 15 heavy (non-hydrogen) atoms. The maximum atomic E-state index is 11.0. The van der Waals surface area contributed by atoms with Gasteiger partial charge in [0.2, 0.25) is 0 Å². The first kappa shape index (κ1) is 11.1. The molecule has 0 unspecified atom stereocenters. The van der Waals surface area contributed by atoms with Gasteiger partial charge in [-0.15, -0.1) is 0 Å². The SMILES string of the molecule is C=CC(=O)Oc1cc(C)c(N)c(N)c1C. The molecule has 1 rings (SSSR count). The Morgan fingerprint density at radius 3 is 2.53 bits per heavy atom. The molecule has 4 heteroatoms. The fraction of sp³-hybridized carbons (Fsp3) is 0.182. The van der Waals surface area contributed by atoms with Crippen molar-refractivity contribution >= 4 is 17.3 Å². The van der Waals surface area contributed by atoms with E-state index in [9.17, 15) is 4.79 Å². The van der Waals surface area contributed by atoms with E-state index in [1.54, 1.807) is 19.9 Å². The Bertz CT molecular complexity index is 425. The molecule has 0 saturated carbocycles. The number of aryl methyl sites for hydroxylation is 1. The van der Waals surface area contributed by atoms with E-state index in [-0.39, 0.29) is 0 Å². The molecule has 0 atom stereocenters. The van der Waals surface area contributed by atoms with Gasteiger partial charge in [-0.1, -0.05) is 6.58 Å². The van der Waals surface area contributed by atoms with E-state index in [0.717, 1.165) is 11.6 Å². The Morgan fingerprint density at radius 2 is 2.00 bits per heavy atom. The van der Waals surface area contributed by atoms with E-state index in [1.165, 1.54) is 0 Å². The third-order valence-corrected chi connectivity index (χ3v) is 2.21. The molecule has 1 aromatic carbocycles. The van der Waals surface area contributed by atoms with Crippen molar-refractivity contribution in [3.8, 4) is 5.75 Å². The topological polar surface area (TPSA) is 78.3 Å². The first-order chi connectivity index (χ1) is 6.97. The largest absolute Gasteiger partial charge is 0.423 e. The quantitative estimate of drug-likeness (QED) is 0.333. The predicted octanol–water partition coefficient (Wildman–Crippen LogP) is 1.56. The van der Waals surface area contributed by atoms with Crippen molar-refractivity contribution in [1.29, 1.82) is 0 Å². The highest BCUT2D eigenvalue weighted by atomic mass is 16.5. The molecule has 0 amide bonds. The number of ether oxygens (including phenoxy) is 1. The average Bonchev–Trinajstić information content (AvgIpc) is 2.22. The first-order valence-electron chi connectivity index (χ1n) is 4.46. The number of carbonyl (C=O) groups is 1. The van der Waals surface area contributed by atoms with E-state index in [4.69, 9.17) is 16.2 Å². The lowest BCUT2D eigenvalue weighted by Gasteiger charge is -2.12. The fourth-order valence-corrected chi connectivity index (χ4v) is 1.19.